The van der Waals surface area contributed by atoms with Crippen molar-refractivity contribution in [3.8, 4) is 0 Å². The molecule has 1 aliphatic rings. The van der Waals surface area contributed by atoms with Gasteiger partial charge in [0.2, 0.25) is 11.5 Å². The van der Waals surface area contributed by atoms with Crippen LogP contribution in [0.3, 0.4) is 0 Å². The highest BCUT2D eigenvalue weighted by Gasteiger charge is 2.53. The van der Waals surface area contributed by atoms with E-state index in [1.54, 1.807) is 30.3 Å². The molecule has 2 aromatic rings. The smallest absolute Gasteiger partial charge is 0.352 e. The van der Waals surface area contributed by atoms with Crippen LogP contribution in [-0.4, -0.2) is 44.4 Å². The Kier molecular flexibility index (Phi) is 4.18. The molecule has 0 saturated carbocycles. The minimum atomic E-state index is -1.79. The average molecular weight is 331 g/mol. The summed E-state index contributed by atoms with van der Waals surface area (Å²) in [6.07, 6.45) is -0.968. The van der Waals surface area contributed by atoms with Crippen molar-refractivity contribution in [3.05, 3.63) is 58.6 Å². The third kappa shape index (κ3) is 2.60. The molecule has 3 rings (SSSR count). The fraction of sp³-hybridized carbons (Fsp3) is 0.312. The maximum Gasteiger partial charge on any atom is 0.352 e. The second-order valence-electron chi connectivity index (χ2n) is 5.59. The number of hydrogen-bond donors (Lipinski definition) is 3. The van der Waals surface area contributed by atoms with Crippen LogP contribution in [-0.2, 0) is 10.5 Å². The Labute approximate surface area is 137 Å². The number of carbonyl (C=O) groups is 1. The van der Waals surface area contributed by atoms with E-state index in [4.69, 9.17) is 10.5 Å². The number of aromatic nitrogens is 2. The van der Waals surface area contributed by atoms with Gasteiger partial charge < -0.3 is 20.7 Å². The molecule has 3 atom stereocenters. The third-order valence-corrected chi connectivity index (χ3v) is 4.05. The topological polar surface area (TPSA) is 128 Å². The van der Waals surface area contributed by atoms with Gasteiger partial charge in [-0.3, -0.25) is 9.36 Å². The number of hydrogen-bond acceptors (Lipinski definition) is 7. The predicted octanol–water partition coefficient (Wildman–Crippen LogP) is -0.497. The molecule has 0 amide bonds. The first-order valence-electron chi connectivity index (χ1n) is 7.40. The summed E-state index contributed by atoms with van der Waals surface area (Å²) < 4.78 is 6.68. The van der Waals surface area contributed by atoms with E-state index in [-0.39, 0.29) is 12.2 Å². The van der Waals surface area contributed by atoms with Gasteiger partial charge in [0, 0.05) is 18.2 Å². The van der Waals surface area contributed by atoms with Crippen molar-refractivity contribution in [2.24, 2.45) is 0 Å². The number of nitrogens with two attached hydrogens (primary N) is 1. The van der Waals surface area contributed by atoms with Crippen molar-refractivity contribution in [1.29, 1.82) is 0 Å². The molecular weight excluding hydrogens is 314 g/mol. The molecule has 1 saturated heterocycles. The molecule has 24 heavy (non-hydrogen) atoms. The highest BCUT2D eigenvalue weighted by molar-refractivity contribution is 6.01. The van der Waals surface area contributed by atoms with E-state index in [1.165, 1.54) is 12.3 Å². The number of aliphatic hydroxyl groups is 2. The fourth-order valence-corrected chi connectivity index (χ4v) is 2.87. The molecule has 0 aliphatic carbocycles. The third-order valence-electron chi connectivity index (χ3n) is 4.05. The second kappa shape index (κ2) is 6.16. The van der Waals surface area contributed by atoms with Crippen LogP contribution in [0.2, 0.25) is 0 Å². The summed E-state index contributed by atoms with van der Waals surface area (Å²) in [6.45, 7) is -0.484. The monoisotopic (exact) mass is 331 g/mol. The molecule has 0 spiro atoms. The highest BCUT2D eigenvalue weighted by Crippen LogP contribution is 2.37. The first-order valence-corrected chi connectivity index (χ1v) is 7.40. The van der Waals surface area contributed by atoms with Crippen molar-refractivity contribution < 1.29 is 19.7 Å². The van der Waals surface area contributed by atoms with Crippen molar-refractivity contribution in [1.82, 2.24) is 9.55 Å². The number of ketones is 1. The molecular formula is C16H17N3O5. The van der Waals surface area contributed by atoms with Crippen LogP contribution in [0.4, 0.5) is 5.82 Å². The van der Waals surface area contributed by atoms with Gasteiger partial charge in [0.25, 0.3) is 0 Å². The number of benzene rings is 1. The average Bonchev–Trinajstić information content (AvgIpc) is 2.92. The lowest BCUT2D eigenvalue weighted by Gasteiger charge is -2.29. The predicted molar refractivity (Wildman–Crippen MR) is 84.2 cm³/mol. The van der Waals surface area contributed by atoms with E-state index in [0.717, 1.165) is 4.57 Å². The second-order valence-corrected chi connectivity index (χ2v) is 5.59. The first-order chi connectivity index (χ1) is 11.5. The van der Waals surface area contributed by atoms with Crippen LogP contribution < -0.4 is 11.4 Å². The van der Waals surface area contributed by atoms with Gasteiger partial charge in [-0.05, 0) is 6.07 Å². The lowest BCUT2D eigenvalue weighted by molar-refractivity contribution is -0.0935. The zero-order valence-electron chi connectivity index (χ0n) is 12.7. The van der Waals surface area contributed by atoms with Gasteiger partial charge in [-0.25, -0.2) is 4.79 Å². The number of nitrogen functional groups attached to an aromatic ring is 1. The van der Waals surface area contributed by atoms with Crippen molar-refractivity contribution in [2.45, 2.75) is 24.4 Å². The van der Waals surface area contributed by atoms with E-state index < -0.39 is 36.0 Å². The van der Waals surface area contributed by atoms with E-state index >= 15 is 0 Å². The SMILES string of the molecule is Nc1ccn([C@@]2(C(=O)c3ccccc3)C[C@H](O)[C@@H](CO)O2)c(=O)n1. The van der Waals surface area contributed by atoms with Crippen LogP contribution >= 0.6 is 0 Å². The number of ether oxygens (including phenoxy) is 1. The van der Waals surface area contributed by atoms with E-state index in [1.807, 2.05) is 0 Å². The van der Waals surface area contributed by atoms with Crippen LogP contribution in [0.1, 0.15) is 16.8 Å². The van der Waals surface area contributed by atoms with E-state index in [9.17, 15) is 19.8 Å². The summed E-state index contributed by atoms with van der Waals surface area (Å²) in [5.74, 6) is -0.498. The lowest BCUT2D eigenvalue weighted by Crippen LogP contribution is -2.48. The number of Topliss-reactive ketones (excluding diaryl/α,β-unsaturated/α-hetero) is 1. The number of carbonyl (C=O) groups excluding carboxylic acids is 1. The molecule has 2 heterocycles. The Morgan fingerprint density at radius 1 is 1.38 bits per heavy atom. The summed E-state index contributed by atoms with van der Waals surface area (Å²) in [5, 5.41) is 19.5. The number of anilines is 1. The molecule has 126 valence electrons. The Hall–Kier alpha value is -2.55. The van der Waals surface area contributed by atoms with Crippen molar-refractivity contribution in [2.75, 3.05) is 12.3 Å². The molecule has 1 aliphatic heterocycles. The maximum absolute atomic E-state index is 13.1. The minimum Gasteiger partial charge on any atom is -0.394 e. The maximum atomic E-state index is 13.1. The largest absolute Gasteiger partial charge is 0.394 e. The Morgan fingerprint density at radius 3 is 2.67 bits per heavy atom. The van der Waals surface area contributed by atoms with Gasteiger partial charge in [-0.1, -0.05) is 30.3 Å². The standard InChI is InChI=1S/C16H17N3O5/c17-13-6-7-19(15(23)18-13)16(8-11(21)12(9-20)24-16)14(22)10-4-2-1-3-5-10/h1-7,11-12,20-21H,8-9H2,(H2,17,18,23)/t11-,12+,16-/m0/s1. The molecule has 4 N–H and O–H groups in total. The fourth-order valence-electron chi connectivity index (χ4n) is 2.87. The van der Waals surface area contributed by atoms with Gasteiger partial charge in [-0.15, -0.1) is 0 Å². The van der Waals surface area contributed by atoms with Gasteiger partial charge >= 0.3 is 5.69 Å². The summed E-state index contributed by atoms with van der Waals surface area (Å²) in [6, 6.07) is 9.65. The minimum absolute atomic E-state index is 0.0100. The van der Waals surface area contributed by atoms with Crippen LogP contribution in [0.15, 0.2) is 47.4 Å². The molecule has 0 radical (unpaired) electrons. The summed E-state index contributed by atoms with van der Waals surface area (Å²) >= 11 is 0. The van der Waals surface area contributed by atoms with E-state index in [0.29, 0.717) is 5.56 Å². The zero-order chi connectivity index (χ0) is 17.3. The zero-order valence-corrected chi connectivity index (χ0v) is 12.7. The normalized spacial score (nSPS) is 26.4. The van der Waals surface area contributed by atoms with Crippen LogP contribution in [0.5, 0.6) is 0 Å². The van der Waals surface area contributed by atoms with Gasteiger partial charge in [0.1, 0.15) is 11.9 Å². The Balaban J connectivity index is 2.16. The highest BCUT2D eigenvalue weighted by atomic mass is 16.6. The van der Waals surface area contributed by atoms with Crippen molar-refractivity contribution in [3.63, 3.8) is 0 Å². The van der Waals surface area contributed by atoms with Gasteiger partial charge in [0.05, 0.1) is 12.7 Å². The quantitative estimate of drug-likeness (QED) is 0.645. The molecule has 8 nitrogen and oxygen atoms in total. The summed E-state index contributed by atoms with van der Waals surface area (Å²) in [5.41, 5.74) is 3.25. The Morgan fingerprint density at radius 2 is 2.08 bits per heavy atom. The molecule has 1 aromatic carbocycles. The van der Waals surface area contributed by atoms with Crippen molar-refractivity contribution >= 4 is 11.6 Å². The first kappa shape index (κ1) is 16.3. The molecule has 1 aromatic heterocycles. The van der Waals surface area contributed by atoms with E-state index in [2.05, 4.69) is 4.98 Å². The van der Waals surface area contributed by atoms with Gasteiger partial charge in [0.15, 0.2) is 0 Å². The lowest BCUT2D eigenvalue weighted by atomic mass is 9.96. The van der Waals surface area contributed by atoms with Crippen LogP contribution in [0, 0.1) is 0 Å². The molecule has 8 heteroatoms. The summed E-state index contributed by atoms with van der Waals surface area (Å²) in [7, 11) is 0. The molecule has 1 fully saturated rings. The van der Waals surface area contributed by atoms with Gasteiger partial charge in [-0.2, -0.15) is 4.98 Å². The molecule has 0 bridgehead atoms. The molecule has 0 unspecified atom stereocenters. The number of aliphatic hydroxyl groups excluding tert-OH is 2. The van der Waals surface area contributed by atoms with Crippen LogP contribution in [0.25, 0.3) is 0 Å². The number of nitrogens with zero attached hydrogens (tertiary/aromatic N) is 2. The Bertz CT molecular complexity index is 807. The number of rotatable bonds is 4. The summed E-state index contributed by atoms with van der Waals surface area (Å²) in [4.78, 5) is 29.0.